The molecule has 9 nitrogen and oxygen atoms in total. The fourth-order valence-corrected chi connectivity index (χ4v) is 3.27. The molecule has 2 amide bonds. The van der Waals surface area contributed by atoms with E-state index in [0.29, 0.717) is 18.0 Å². The van der Waals surface area contributed by atoms with Gasteiger partial charge in [-0.2, -0.15) is 0 Å². The van der Waals surface area contributed by atoms with Gasteiger partial charge in [0.05, 0.1) is 11.4 Å². The molecule has 0 aliphatic carbocycles. The summed E-state index contributed by atoms with van der Waals surface area (Å²) in [7, 11) is 0. The normalized spacial score (nSPS) is 10.7. The van der Waals surface area contributed by atoms with E-state index in [1.165, 1.54) is 0 Å². The van der Waals surface area contributed by atoms with Crippen molar-refractivity contribution in [3.63, 3.8) is 0 Å². The summed E-state index contributed by atoms with van der Waals surface area (Å²) in [6, 6.07) is 18.9. The quantitative estimate of drug-likeness (QED) is 0.455. The Morgan fingerprint density at radius 3 is 2.31 bits per heavy atom. The Labute approximate surface area is 184 Å². The summed E-state index contributed by atoms with van der Waals surface area (Å²) in [6.45, 7) is 3.62. The number of carbonyl (C=O) groups excluding carboxylic acids is 2. The average molecular weight is 430 g/mol. The van der Waals surface area contributed by atoms with Crippen LogP contribution in [0.1, 0.15) is 34.1 Å². The molecule has 0 bridgehead atoms. The molecule has 0 aliphatic rings. The minimum atomic E-state index is -0.609. The zero-order valence-electron chi connectivity index (χ0n) is 17.7. The van der Waals surface area contributed by atoms with Crippen LogP contribution in [0.5, 0.6) is 0 Å². The first-order valence-corrected chi connectivity index (χ1v) is 10.1. The maximum Gasteiger partial charge on any atom is 0.309 e. The fraction of sp³-hybridized carbons (Fsp3) is 0.174. The van der Waals surface area contributed by atoms with Gasteiger partial charge in [-0.05, 0) is 32.4 Å². The van der Waals surface area contributed by atoms with Gasteiger partial charge in [0.1, 0.15) is 5.76 Å². The van der Waals surface area contributed by atoms with E-state index in [1.807, 2.05) is 67.6 Å². The number of amides is 2. The number of hydrogen-bond acceptors (Lipinski definition) is 6. The van der Waals surface area contributed by atoms with Gasteiger partial charge in [-0.25, -0.2) is 9.67 Å². The topological polar surface area (TPSA) is 115 Å². The van der Waals surface area contributed by atoms with Crippen LogP contribution in [0, 0.1) is 13.8 Å². The number of aryl methyl sites for hydroxylation is 2. The molecule has 4 rings (SSSR count). The van der Waals surface area contributed by atoms with E-state index in [-0.39, 0.29) is 18.2 Å². The third-order valence-electron chi connectivity index (χ3n) is 4.94. The van der Waals surface area contributed by atoms with Gasteiger partial charge in [-0.15, -0.1) is 5.10 Å². The number of benzene rings is 2. The maximum absolute atomic E-state index is 12.6. The molecule has 0 saturated carbocycles. The lowest BCUT2D eigenvalue weighted by Gasteiger charge is -2.05. The lowest BCUT2D eigenvalue weighted by molar-refractivity contribution is -0.121. The van der Waals surface area contributed by atoms with E-state index in [2.05, 4.69) is 26.1 Å². The van der Waals surface area contributed by atoms with Crippen molar-refractivity contribution in [2.24, 2.45) is 0 Å². The lowest BCUT2D eigenvalue weighted by atomic mass is 10.1. The molecule has 0 saturated heterocycles. The van der Waals surface area contributed by atoms with Gasteiger partial charge in [-0.1, -0.05) is 53.7 Å². The van der Waals surface area contributed by atoms with Crippen LogP contribution >= 0.6 is 0 Å². The van der Waals surface area contributed by atoms with E-state index >= 15 is 0 Å². The van der Waals surface area contributed by atoms with Gasteiger partial charge in [0.15, 0.2) is 5.82 Å². The molecule has 0 unspecified atom stereocenters. The number of hydrogen-bond donors (Lipinski definition) is 2. The maximum atomic E-state index is 12.6. The molecule has 0 radical (unpaired) electrons. The van der Waals surface area contributed by atoms with Gasteiger partial charge in [0.25, 0.3) is 0 Å². The molecule has 0 aliphatic heterocycles. The fourth-order valence-electron chi connectivity index (χ4n) is 3.27. The van der Waals surface area contributed by atoms with Crippen molar-refractivity contribution in [1.82, 2.24) is 30.8 Å². The minimum Gasteiger partial charge on any atom is -0.361 e. The Kier molecular flexibility index (Phi) is 6.07. The van der Waals surface area contributed by atoms with E-state index < -0.39 is 5.91 Å². The van der Waals surface area contributed by atoms with Gasteiger partial charge in [0, 0.05) is 17.5 Å². The second-order valence-electron chi connectivity index (χ2n) is 7.18. The summed E-state index contributed by atoms with van der Waals surface area (Å²) in [5.41, 5.74) is 8.02. The third-order valence-corrected chi connectivity index (χ3v) is 4.94. The summed E-state index contributed by atoms with van der Waals surface area (Å²) in [6.07, 6.45) is 0.631. The smallest absolute Gasteiger partial charge is 0.309 e. The highest BCUT2D eigenvalue weighted by atomic mass is 16.5. The molecule has 2 heterocycles. The Bertz CT molecular complexity index is 1150. The highest BCUT2D eigenvalue weighted by molar-refractivity contribution is 5.92. The van der Waals surface area contributed by atoms with Crippen LogP contribution in [-0.4, -0.2) is 31.7 Å². The van der Waals surface area contributed by atoms with E-state index in [4.69, 9.17) is 4.52 Å². The number of rotatable bonds is 6. The van der Waals surface area contributed by atoms with Crippen molar-refractivity contribution in [3.05, 3.63) is 83.5 Å². The van der Waals surface area contributed by atoms with E-state index in [1.54, 1.807) is 11.6 Å². The number of aromatic nitrogens is 4. The second kappa shape index (κ2) is 9.25. The Morgan fingerprint density at radius 1 is 0.969 bits per heavy atom. The summed E-state index contributed by atoms with van der Waals surface area (Å²) < 4.78 is 6.70. The highest BCUT2D eigenvalue weighted by Gasteiger charge is 2.19. The average Bonchev–Trinajstić information content (AvgIpc) is 3.41. The van der Waals surface area contributed by atoms with Crippen LogP contribution in [-0.2, 0) is 11.2 Å². The predicted molar refractivity (Wildman–Crippen MR) is 117 cm³/mol. The minimum absolute atomic E-state index is 0.0567. The van der Waals surface area contributed by atoms with Gasteiger partial charge >= 0.3 is 5.91 Å². The number of nitrogens with zero attached hydrogens (tertiary/aromatic N) is 4. The molecule has 0 atom stereocenters. The largest absolute Gasteiger partial charge is 0.361 e. The predicted octanol–water partition coefficient (Wildman–Crippen LogP) is 2.93. The SMILES string of the molecule is Cc1noc(C)c1CCC(=O)NNC(=O)c1nc(-c2ccccc2)n(-c2ccccc2)n1. The lowest BCUT2D eigenvalue weighted by Crippen LogP contribution is -2.42. The number of nitrogens with one attached hydrogen (secondary N) is 2. The van der Waals surface area contributed by atoms with Crippen LogP contribution in [0.3, 0.4) is 0 Å². The summed E-state index contributed by atoms with van der Waals surface area (Å²) in [5.74, 6) is 0.195. The third kappa shape index (κ3) is 4.56. The molecule has 162 valence electrons. The van der Waals surface area contributed by atoms with Gasteiger partial charge in [-0.3, -0.25) is 20.4 Å². The van der Waals surface area contributed by atoms with Crippen molar-refractivity contribution in [2.75, 3.05) is 0 Å². The first-order chi connectivity index (χ1) is 15.5. The van der Waals surface area contributed by atoms with Crippen molar-refractivity contribution >= 4 is 11.8 Å². The number of hydrazine groups is 1. The van der Waals surface area contributed by atoms with Crippen LogP contribution in [0.15, 0.2) is 65.2 Å². The van der Waals surface area contributed by atoms with E-state index in [9.17, 15) is 9.59 Å². The molecule has 4 aromatic rings. The van der Waals surface area contributed by atoms with Crippen molar-refractivity contribution in [1.29, 1.82) is 0 Å². The zero-order valence-corrected chi connectivity index (χ0v) is 17.7. The van der Waals surface area contributed by atoms with Gasteiger partial charge in [0.2, 0.25) is 11.7 Å². The number of carbonyl (C=O) groups is 2. The Hall–Kier alpha value is -4.27. The highest BCUT2D eigenvalue weighted by Crippen LogP contribution is 2.21. The summed E-state index contributed by atoms with van der Waals surface area (Å²) in [4.78, 5) is 29.2. The van der Waals surface area contributed by atoms with Crippen molar-refractivity contribution < 1.29 is 14.1 Å². The number of para-hydroxylation sites is 1. The van der Waals surface area contributed by atoms with Crippen LogP contribution < -0.4 is 10.9 Å². The van der Waals surface area contributed by atoms with E-state index in [0.717, 1.165) is 22.5 Å². The molecule has 2 aromatic carbocycles. The zero-order chi connectivity index (χ0) is 22.5. The molecule has 0 fully saturated rings. The summed E-state index contributed by atoms with van der Waals surface area (Å²) in [5, 5.41) is 8.24. The Balaban J connectivity index is 1.47. The first kappa shape index (κ1) is 21.0. The van der Waals surface area contributed by atoms with Crippen LogP contribution in [0.2, 0.25) is 0 Å². The molecular weight excluding hydrogens is 408 g/mol. The molecule has 0 spiro atoms. The van der Waals surface area contributed by atoms with Gasteiger partial charge < -0.3 is 4.52 Å². The standard InChI is InChI=1S/C23H22N6O3/c1-15-19(16(2)32-28-15)13-14-20(30)25-26-23(31)21-24-22(17-9-5-3-6-10-17)29(27-21)18-11-7-4-8-12-18/h3-12H,13-14H2,1-2H3,(H,25,30)(H,26,31). The van der Waals surface area contributed by atoms with Crippen molar-refractivity contribution in [2.45, 2.75) is 26.7 Å². The summed E-state index contributed by atoms with van der Waals surface area (Å²) >= 11 is 0. The second-order valence-corrected chi connectivity index (χ2v) is 7.18. The monoisotopic (exact) mass is 430 g/mol. The first-order valence-electron chi connectivity index (χ1n) is 10.1. The van der Waals surface area contributed by atoms with Crippen LogP contribution in [0.25, 0.3) is 17.1 Å². The van der Waals surface area contributed by atoms with Crippen molar-refractivity contribution in [3.8, 4) is 17.1 Å². The molecule has 2 N–H and O–H groups in total. The molecular formula is C23H22N6O3. The van der Waals surface area contributed by atoms with Crippen LogP contribution in [0.4, 0.5) is 0 Å². The Morgan fingerprint density at radius 2 is 1.66 bits per heavy atom. The molecule has 32 heavy (non-hydrogen) atoms. The molecule has 2 aromatic heterocycles. The molecule has 9 heteroatoms.